The molecule has 0 atom stereocenters. The predicted octanol–water partition coefficient (Wildman–Crippen LogP) is 6.48. The number of rotatable bonds is 6. The maximum absolute atomic E-state index is 4.64. The van der Waals surface area contributed by atoms with Crippen molar-refractivity contribution in [2.75, 3.05) is 10.6 Å². The van der Waals surface area contributed by atoms with Gasteiger partial charge in [-0.1, -0.05) is 43.5 Å². The first kappa shape index (κ1) is 19.4. The van der Waals surface area contributed by atoms with E-state index in [0.29, 0.717) is 0 Å². The van der Waals surface area contributed by atoms with Gasteiger partial charge in [0.25, 0.3) is 0 Å². The largest absolute Gasteiger partial charge is 0.340 e. The number of benzene rings is 2. The van der Waals surface area contributed by atoms with E-state index in [-0.39, 0.29) is 0 Å². The smallest absolute Gasteiger partial charge is 0.132 e. The van der Waals surface area contributed by atoms with Gasteiger partial charge in [0.05, 0.1) is 0 Å². The highest BCUT2D eigenvalue weighted by Gasteiger charge is 2.06. The van der Waals surface area contributed by atoms with Crippen molar-refractivity contribution < 1.29 is 0 Å². The van der Waals surface area contributed by atoms with Crippen molar-refractivity contribution in [2.24, 2.45) is 0 Å². The molecule has 0 unspecified atom stereocenters. The molecule has 0 fully saturated rings. The van der Waals surface area contributed by atoms with E-state index >= 15 is 0 Å². The number of aromatic nitrogens is 1. The van der Waals surface area contributed by atoms with E-state index in [1.807, 2.05) is 18.2 Å². The zero-order valence-corrected chi connectivity index (χ0v) is 17.1. The molecule has 28 heavy (non-hydrogen) atoms. The van der Waals surface area contributed by atoms with Gasteiger partial charge < -0.3 is 10.6 Å². The van der Waals surface area contributed by atoms with Crippen LogP contribution in [0.2, 0.25) is 0 Å². The van der Waals surface area contributed by atoms with Crippen molar-refractivity contribution in [1.29, 1.82) is 0 Å². The normalized spacial score (nSPS) is 10.4. The highest BCUT2D eigenvalue weighted by atomic mass is 15.1. The molecule has 0 radical (unpaired) electrons. The molecule has 0 saturated carbocycles. The molecule has 0 aliphatic heterocycles. The molecule has 142 valence electrons. The van der Waals surface area contributed by atoms with Crippen LogP contribution in [0.15, 0.2) is 67.8 Å². The summed E-state index contributed by atoms with van der Waals surface area (Å²) in [6.07, 6.45) is 0. The first-order chi connectivity index (χ1) is 13.3. The molecule has 3 heteroatoms. The van der Waals surface area contributed by atoms with E-state index in [2.05, 4.69) is 92.9 Å². The number of nitrogens with one attached hydrogen (secondary N) is 2. The Labute approximate surface area is 167 Å². The first-order valence-electron chi connectivity index (χ1n) is 9.37. The third-order valence-corrected chi connectivity index (χ3v) is 5.02. The van der Waals surface area contributed by atoms with Gasteiger partial charge in [0.15, 0.2) is 0 Å². The fourth-order valence-electron chi connectivity index (χ4n) is 2.89. The molecular weight excluding hydrogens is 342 g/mol. The predicted molar refractivity (Wildman–Crippen MR) is 121 cm³/mol. The number of hydrogen-bond acceptors (Lipinski definition) is 3. The zero-order chi connectivity index (χ0) is 20.3. The molecule has 2 N–H and O–H groups in total. The van der Waals surface area contributed by atoms with Crippen molar-refractivity contribution in [2.45, 2.75) is 27.7 Å². The molecule has 0 saturated heterocycles. The molecule has 0 spiro atoms. The molecule has 0 aliphatic rings. The van der Waals surface area contributed by atoms with Crippen LogP contribution in [0.4, 0.5) is 11.6 Å². The minimum absolute atomic E-state index is 0.737. The summed E-state index contributed by atoms with van der Waals surface area (Å²) in [6, 6.07) is 18.4. The van der Waals surface area contributed by atoms with Crippen LogP contribution in [-0.2, 0) is 0 Å². The quantitative estimate of drug-likeness (QED) is 0.522. The lowest BCUT2D eigenvalue weighted by atomic mass is 10.0. The van der Waals surface area contributed by atoms with E-state index in [0.717, 1.165) is 34.2 Å². The standard InChI is InChI=1S/C25H27N3/c1-16-10-12-22(14-18(16)3)20(5)26-24-8-7-9-25(28-24)27-21(6)23-13-11-17(2)19(4)15-23/h7-15H,5-6H2,1-4H3,(H2,26,27,28). The molecule has 3 aromatic rings. The minimum Gasteiger partial charge on any atom is -0.340 e. The highest BCUT2D eigenvalue weighted by Crippen LogP contribution is 2.22. The van der Waals surface area contributed by atoms with Gasteiger partial charge in [0, 0.05) is 11.4 Å². The summed E-state index contributed by atoms with van der Waals surface area (Å²) >= 11 is 0. The monoisotopic (exact) mass is 369 g/mol. The van der Waals surface area contributed by atoms with Crippen LogP contribution in [0.1, 0.15) is 33.4 Å². The lowest BCUT2D eigenvalue weighted by molar-refractivity contribution is 1.28. The Morgan fingerprint density at radius 3 is 1.46 bits per heavy atom. The molecule has 3 rings (SSSR count). The number of nitrogens with zero attached hydrogens (tertiary/aromatic N) is 1. The van der Waals surface area contributed by atoms with Crippen LogP contribution in [0.5, 0.6) is 0 Å². The van der Waals surface area contributed by atoms with E-state index in [1.165, 1.54) is 22.3 Å². The van der Waals surface area contributed by atoms with Crippen LogP contribution in [0.3, 0.4) is 0 Å². The summed E-state index contributed by atoms with van der Waals surface area (Å²) in [5.74, 6) is 1.47. The van der Waals surface area contributed by atoms with Gasteiger partial charge in [0.1, 0.15) is 11.6 Å². The Bertz CT molecular complexity index is 967. The first-order valence-corrected chi connectivity index (χ1v) is 9.37. The molecule has 2 aromatic carbocycles. The van der Waals surface area contributed by atoms with E-state index < -0.39 is 0 Å². The SMILES string of the molecule is C=C(Nc1cccc(NC(=C)c2ccc(C)c(C)c2)n1)c1ccc(C)c(C)c1. The fourth-order valence-corrected chi connectivity index (χ4v) is 2.89. The van der Waals surface area contributed by atoms with E-state index in [1.54, 1.807) is 0 Å². The maximum atomic E-state index is 4.64. The lowest BCUT2D eigenvalue weighted by Gasteiger charge is -2.14. The van der Waals surface area contributed by atoms with Crippen LogP contribution in [-0.4, -0.2) is 4.98 Å². The van der Waals surface area contributed by atoms with Gasteiger partial charge in [-0.2, -0.15) is 0 Å². The van der Waals surface area contributed by atoms with Crippen molar-refractivity contribution >= 4 is 23.0 Å². The summed E-state index contributed by atoms with van der Waals surface area (Å²) in [5.41, 5.74) is 8.78. The van der Waals surface area contributed by atoms with Crippen molar-refractivity contribution in [1.82, 2.24) is 4.98 Å². The van der Waals surface area contributed by atoms with Crippen molar-refractivity contribution in [3.63, 3.8) is 0 Å². The number of pyridine rings is 1. The van der Waals surface area contributed by atoms with E-state index in [4.69, 9.17) is 0 Å². The Morgan fingerprint density at radius 1 is 0.643 bits per heavy atom. The van der Waals surface area contributed by atoms with Crippen molar-refractivity contribution in [3.05, 3.63) is 101 Å². The molecular formula is C25H27N3. The average Bonchev–Trinajstić information content (AvgIpc) is 2.66. The van der Waals surface area contributed by atoms with E-state index in [9.17, 15) is 0 Å². The fraction of sp³-hybridized carbons (Fsp3) is 0.160. The third-order valence-electron chi connectivity index (χ3n) is 5.02. The van der Waals surface area contributed by atoms with Gasteiger partial charge in [-0.05, 0) is 85.3 Å². The Hall–Kier alpha value is -3.33. The van der Waals surface area contributed by atoms with Gasteiger partial charge in [0.2, 0.25) is 0 Å². The van der Waals surface area contributed by atoms with Gasteiger partial charge in [-0.25, -0.2) is 4.98 Å². The zero-order valence-electron chi connectivity index (χ0n) is 17.1. The Morgan fingerprint density at radius 2 is 1.07 bits per heavy atom. The summed E-state index contributed by atoms with van der Waals surface area (Å²) in [5, 5.41) is 6.60. The summed E-state index contributed by atoms with van der Waals surface area (Å²) in [7, 11) is 0. The van der Waals surface area contributed by atoms with Gasteiger partial charge in [-0.3, -0.25) is 0 Å². The van der Waals surface area contributed by atoms with Crippen LogP contribution in [0.25, 0.3) is 11.4 Å². The minimum atomic E-state index is 0.737. The topological polar surface area (TPSA) is 37.0 Å². The number of aryl methyl sites for hydroxylation is 4. The second-order valence-corrected chi connectivity index (χ2v) is 7.21. The average molecular weight is 370 g/mol. The number of hydrogen-bond donors (Lipinski definition) is 2. The van der Waals surface area contributed by atoms with Gasteiger partial charge >= 0.3 is 0 Å². The molecule has 0 amide bonds. The molecule has 1 aromatic heterocycles. The van der Waals surface area contributed by atoms with Crippen LogP contribution in [0, 0.1) is 27.7 Å². The second kappa shape index (κ2) is 8.13. The molecule has 1 heterocycles. The Kier molecular flexibility index (Phi) is 5.65. The van der Waals surface area contributed by atoms with Gasteiger partial charge in [-0.15, -0.1) is 0 Å². The van der Waals surface area contributed by atoms with Crippen LogP contribution >= 0.6 is 0 Å². The highest BCUT2D eigenvalue weighted by molar-refractivity contribution is 5.77. The maximum Gasteiger partial charge on any atom is 0.132 e. The summed E-state index contributed by atoms with van der Waals surface area (Å²) in [6.45, 7) is 16.7. The van der Waals surface area contributed by atoms with Crippen molar-refractivity contribution in [3.8, 4) is 0 Å². The molecule has 0 aliphatic carbocycles. The summed E-state index contributed by atoms with van der Waals surface area (Å²) in [4.78, 5) is 4.64. The number of anilines is 2. The third kappa shape index (κ3) is 4.49. The lowest BCUT2D eigenvalue weighted by Crippen LogP contribution is -2.04. The van der Waals surface area contributed by atoms with Crippen LogP contribution < -0.4 is 10.6 Å². The second-order valence-electron chi connectivity index (χ2n) is 7.21. The Balaban J connectivity index is 1.72. The molecule has 3 nitrogen and oxygen atoms in total. The summed E-state index contributed by atoms with van der Waals surface area (Å²) < 4.78 is 0. The molecule has 0 bridgehead atoms.